The van der Waals surface area contributed by atoms with Gasteiger partial charge in [-0.25, -0.2) is 0 Å². The lowest BCUT2D eigenvalue weighted by atomic mass is 10.1. The maximum atomic E-state index is 11.9. The van der Waals surface area contributed by atoms with Gasteiger partial charge in [0.05, 0.1) is 5.92 Å². The summed E-state index contributed by atoms with van der Waals surface area (Å²) in [6.45, 7) is -0.0122. The van der Waals surface area contributed by atoms with Gasteiger partial charge in [0.25, 0.3) is 5.91 Å². The minimum Gasteiger partial charge on any atom is -0.481 e. The molecular weight excluding hydrogens is 291 g/mol. The molecule has 0 radical (unpaired) electrons. The molecule has 0 spiro atoms. The van der Waals surface area contributed by atoms with Crippen molar-refractivity contribution in [1.82, 2.24) is 4.90 Å². The van der Waals surface area contributed by atoms with Gasteiger partial charge in [0.15, 0.2) is 0 Å². The average molecular weight is 306 g/mol. The van der Waals surface area contributed by atoms with Gasteiger partial charge in [-0.2, -0.15) is 13.2 Å². The Balaban J connectivity index is 0.00000324. The quantitative estimate of drug-likeness (QED) is 0.850. The molecular formula is C10H15ClF3NO4. The number of carboxylic acids is 1. The number of nitrogens with zero attached hydrogens (tertiary/aromatic N) is 1. The Kier molecular flexibility index (Phi) is 6.58. The van der Waals surface area contributed by atoms with Gasteiger partial charge < -0.3 is 14.7 Å². The minimum absolute atomic E-state index is 0. The summed E-state index contributed by atoms with van der Waals surface area (Å²) < 4.78 is 40.1. The molecule has 1 amide bonds. The first-order chi connectivity index (χ1) is 8.20. The summed E-state index contributed by atoms with van der Waals surface area (Å²) in [5, 5.41) is 8.74. The van der Waals surface area contributed by atoms with Crippen LogP contribution in [-0.2, 0) is 14.3 Å². The number of amides is 1. The smallest absolute Gasteiger partial charge is 0.411 e. The SMILES string of the molecule is CC(OCC(F)(F)F)C(=O)N1CCC(C(=O)O)C1.Cl. The van der Waals surface area contributed by atoms with Gasteiger partial charge in [0.2, 0.25) is 0 Å². The summed E-state index contributed by atoms with van der Waals surface area (Å²) in [5.41, 5.74) is 0. The molecule has 0 aromatic carbocycles. The molecule has 1 heterocycles. The lowest BCUT2D eigenvalue weighted by Gasteiger charge is -2.21. The molecule has 0 aliphatic carbocycles. The first-order valence-electron chi connectivity index (χ1n) is 5.40. The van der Waals surface area contributed by atoms with Crippen molar-refractivity contribution in [2.45, 2.75) is 25.6 Å². The third-order valence-corrected chi connectivity index (χ3v) is 2.69. The third-order valence-electron chi connectivity index (χ3n) is 2.69. The highest BCUT2D eigenvalue weighted by molar-refractivity contribution is 5.85. The fraction of sp³-hybridized carbons (Fsp3) is 0.800. The fourth-order valence-electron chi connectivity index (χ4n) is 1.71. The van der Waals surface area contributed by atoms with E-state index < -0.39 is 36.7 Å². The molecule has 1 saturated heterocycles. The second-order valence-electron chi connectivity index (χ2n) is 4.18. The molecule has 2 atom stereocenters. The molecule has 1 rings (SSSR count). The number of alkyl halides is 3. The molecule has 5 nitrogen and oxygen atoms in total. The van der Waals surface area contributed by atoms with Crippen LogP contribution >= 0.6 is 12.4 Å². The van der Waals surface area contributed by atoms with Gasteiger partial charge in [-0.05, 0) is 13.3 Å². The predicted octanol–water partition coefficient (Wildman–Crippen LogP) is 1.31. The van der Waals surface area contributed by atoms with E-state index >= 15 is 0 Å². The number of carboxylic acid groups (broad SMARTS) is 1. The molecule has 1 fully saturated rings. The van der Waals surface area contributed by atoms with E-state index in [1.807, 2.05) is 0 Å². The number of aliphatic carboxylic acids is 1. The van der Waals surface area contributed by atoms with Crippen molar-refractivity contribution in [2.75, 3.05) is 19.7 Å². The summed E-state index contributed by atoms with van der Waals surface area (Å²) in [4.78, 5) is 23.6. The summed E-state index contributed by atoms with van der Waals surface area (Å²) in [6, 6.07) is 0. The van der Waals surface area contributed by atoms with Crippen LogP contribution in [0.2, 0.25) is 0 Å². The van der Waals surface area contributed by atoms with Gasteiger partial charge in [-0.15, -0.1) is 12.4 Å². The maximum absolute atomic E-state index is 11.9. The van der Waals surface area contributed by atoms with Gasteiger partial charge in [-0.1, -0.05) is 0 Å². The number of rotatable bonds is 4. The van der Waals surface area contributed by atoms with Crippen molar-refractivity contribution in [2.24, 2.45) is 5.92 Å². The van der Waals surface area contributed by atoms with E-state index in [9.17, 15) is 22.8 Å². The summed E-state index contributed by atoms with van der Waals surface area (Å²) in [5.74, 6) is -2.26. The molecule has 0 saturated carbocycles. The van der Waals surface area contributed by atoms with Crippen molar-refractivity contribution < 1.29 is 32.6 Å². The molecule has 2 unspecified atom stereocenters. The van der Waals surface area contributed by atoms with Crippen LogP contribution < -0.4 is 0 Å². The Labute approximate surface area is 114 Å². The largest absolute Gasteiger partial charge is 0.481 e. The van der Waals surface area contributed by atoms with Crippen LogP contribution in [-0.4, -0.2) is 53.9 Å². The van der Waals surface area contributed by atoms with Crippen LogP contribution in [0.4, 0.5) is 13.2 Å². The lowest BCUT2D eigenvalue weighted by Crippen LogP contribution is -2.39. The molecule has 0 bridgehead atoms. The first kappa shape index (κ1) is 18.0. The Morgan fingerprint density at radius 3 is 2.47 bits per heavy atom. The van der Waals surface area contributed by atoms with Crippen molar-refractivity contribution >= 4 is 24.3 Å². The Hall–Kier alpha value is -1.02. The Morgan fingerprint density at radius 1 is 1.47 bits per heavy atom. The number of hydrogen-bond acceptors (Lipinski definition) is 3. The van der Waals surface area contributed by atoms with E-state index in [0.29, 0.717) is 6.42 Å². The zero-order valence-corrected chi connectivity index (χ0v) is 11.0. The number of ether oxygens (including phenoxy) is 1. The van der Waals surface area contributed by atoms with Crippen LogP contribution in [0.1, 0.15) is 13.3 Å². The van der Waals surface area contributed by atoms with Crippen LogP contribution in [0.25, 0.3) is 0 Å². The molecule has 1 aliphatic rings. The van der Waals surface area contributed by atoms with Gasteiger partial charge in [0, 0.05) is 13.1 Å². The summed E-state index contributed by atoms with van der Waals surface area (Å²) >= 11 is 0. The zero-order chi connectivity index (χ0) is 13.9. The molecule has 0 aromatic rings. The Bertz CT molecular complexity index is 337. The van der Waals surface area contributed by atoms with Crippen LogP contribution in [0.15, 0.2) is 0 Å². The van der Waals surface area contributed by atoms with E-state index in [1.165, 1.54) is 11.8 Å². The normalized spacial score (nSPS) is 20.8. The number of hydrogen-bond donors (Lipinski definition) is 1. The van der Waals surface area contributed by atoms with Crippen molar-refractivity contribution in [3.8, 4) is 0 Å². The van der Waals surface area contributed by atoms with E-state index in [4.69, 9.17) is 5.11 Å². The number of halogens is 4. The Morgan fingerprint density at radius 2 is 2.05 bits per heavy atom. The van der Waals surface area contributed by atoms with Crippen LogP contribution in [0, 0.1) is 5.92 Å². The second kappa shape index (κ2) is 6.95. The summed E-state index contributed by atoms with van der Waals surface area (Å²) in [6.07, 6.45) is -5.39. The summed E-state index contributed by atoms with van der Waals surface area (Å²) in [7, 11) is 0. The maximum Gasteiger partial charge on any atom is 0.411 e. The highest BCUT2D eigenvalue weighted by atomic mass is 35.5. The van der Waals surface area contributed by atoms with E-state index in [2.05, 4.69) is 4.74 Å². The molecule has 1 N–H and O–H groups in total. The highest BCUT2D eigenvalue weighted by Crippen LogP contribution is 2.19. The standard InChI is InChI=1S/C10H14F3NO4.ClH/c1-6(18-5-10(11,12)13)8(15)14-3-2-7(4-14)9(16)17;/h6-7H,2-5H2,1H3,(H,16,17);1H. The van der Waals surface area contributed by atoms with Crippen molar-refractivity contribution in [3.63, 3.8) is 0 Å². The monoisotopic (exact) mass is 305 g/mol. The second-order valence-corrected chi connectivity index (χ2v) is 4.18. The van der Waals surface area contributed by atoms with Gasteiger partial charge in [-0.3, -0.25) is 9.59 Å². The number of likely N-dealkylation sites (tertiary alicyclic amines) is 1. The zero-order valence-electron chi connectivity index (χ0n) is 10.1. The van der Waals surface area contributed by atoms with E-state index in [-0.39, 0.29) is 25.5 Å². The van der Waals surface area contributed by atoms with Crippen LogP contribution in [0.3, 0.4) is 0 Å². The molecule has 112 valence electrons. The first-order valence-corrected chi connectivity index (χ1v) is 5.40. The van der Waals surface area contributed by atoms with Crippen molar-refractivity contribution in [1.29, 1.82) is 0 Å². The topological polar surface area (TPSA) is 66.8 Å². The van der Waals surface area contributed by atoms with Gasteiger partial charge in [0.1, 0.15) is 12.7 Å². The molecule has 19 heavy (non-hydrogen) atoms. The number of carbonyl (C=O) groups is 2. The van der Waals surface area contributed by atoms with E-state index in [1.54, 1.807) is 0 Å². The molecule has 9 heteroatoms. The fourth-order valence-corrected chi connectivity index (χ4v) is 1.71. The van der Waals surface area contributed by atoms with Gasteiger partial charge >= 0.3 is 12.1 Å². The predicted molar refractivity (Wildman–Crippen MR) is 61.0 cm³/mol. The number of carbonyl (C=O) groups excluding carboxylic acids is 1. The third kappa shape index (κ3) is 5.65. The van der Waals surface area contributed by atoms with E-state index in [0.717, 1.165) is 0 Å². The average Bonchev–Trinajstić information content (AvgIpc) is 2.73. The molecule has 0 aromatic heterocycles. The minimum atomic E-state index is -4.48. The van der Waals surface area contributed by atoms with Crippen LogP contribution in [0.5, 0.6) is 0 Å². The molecule has 1 aliphatic heterocycles. The highest BCUT2D eigenvalue weighted by Gasteiger charge is 2.35. The lowest BCUT2D eigenvalue weighted by molar-refractivity contribution is -0.188. The van der Waals surface area contributed by atoms with Crippen molar-refractivity contribution in [3.05, 3.63) is 0 Å².